The van der Waals surface area contributed by atoms with Crippen molar-refractivity contribution in [3.63, 3.8) is 0 Å². The number of halogens is 1. The topological polar surface area (TPSA) is 129 Å². The number of ether oxygens (including phenoxy) is 1. The molecule has 1 unspecified atom stereocenters. The van der Waals surface area contributed by atoms with E-state index in [1.807, 2.05) is 32.0 Å². The Morgan fingerprint density at radius 1 is 1.11 bits per heavy atom. The van der Waals surface area contributed by atoms with Gasteiger partial charge in [-0.1, -0.05) is 18.2 Å². The molecular formula is C34H38FN9O2. The summed E-state index contributed by atoms with van der Waals surface area (Å²) in [6, 6.07) is 15.7. The Balaban J connectivity index is 1.26. The Labute approximate surface area is 267 Å². The number of likely N-dealkylation sites (N-methyl/N-ethyl adjacent to an activating group) is 1. The minimum absolute atomic E-state index is 0.133. The number of nitrogens with two attached hydrogens (primary N) is 1. The second-order valence-corrected chi connectivity index (χ2v) is 12.5. The summed E-state index contributed by atoms with van der Waals surface area (Å²) in [5.74, 6) is 0.286. The first-order valence-corrected chi connectivity index (χ1v) is 15.5. The zero-order valence-electron chi connectivity index (χ0n) is 26.4. The fourth-order valence-corrected chi connectivity index (χ4v) is 6.34. The average molecular weight is 624 g/mol. The molecule has 0 aliphatic carbocycles. The molecule has 2 aliphatic rings. The third-order valence-corrected chi connectivity index (χ3v) is 8.92. The second-order valence-electron chi connectivity index (χ2n) is 12.5. The van der Waals surface area contributed by atoms with Gasteiger partial charge in [0.1, 0.15) is 46.8 Å². The number of benzene rings is 2. The van der Waals surface area contributed by atoms with Gasteiger partial charge in [-0.25, -0.2) is 19.0 Å². The van der Waals surface area contributed by atoms with Crippen LogP contribution in [-0.2, 0) is 11.3 Å². The molecule has 4 aromatic rings. The second kappa shape index (κ2) is 12.9. The number of anilines is 1. The van der Waals surface area contributed by atoms with Crippen LogP contribution in [0.25, 0.3) is 22.3 Å². The molecule has 11 nitrogen and oxygen atoms in total. The lowest BCUT2D eigenvalue weighted by Crippen LogP contribution is -2.53. The molecule has 2 saturated heterocycles. The largest absolute Gasteiger partial charge is 0.457 e. The van der Waals surface area contributed by atoms with Crippen LogP contribution in [0.2, 0.25) is 0 Å². The molecule has 4 heterocycles. The number of para-hydroxylation sites is 1. The zero-order chi connectivity index (χ0) is 32.4. The normalized spacial score (nSPS) is 18.2. The summed E-state index contributed by atoms with van der Waals surface area (Å²) in [5, 5.41) is 15.3. The Morgan fingerprint density at radius 3 is 2.59 bits per heavy atom. The number of hydrogen-bond acceptors (Lipinski definition) is 9. The van der Waals surface area contributed by atoms with Crippen molar-refractivity contribution in [1.82, 2.24) is 34.4 Å². The first-order chi connectivity index (χ1) is 22.1. The molecule has 0 spiro atoms. The smallest absolute Gasteiger partial charge is 0.264 e. The molecule has 2 aromatic carbocycles. The molecule has 238 valence electrons. The van der Waals surface area contributed by atoms with Crippen molar-refractivity contribution in [1.29, 1.82) is 5.26 Å². The van der Waals surface area contributed by atoms with Gasteiger partial charge in [-0.05, 0) is 64.1 Å². The van der Waals surface area contributed by atoms with E-state index in [4.69, 9.17) is 15.6 Å². The van der Waals surface area contributed by atoms with E-state index in [9.17, 15) is 10.1 Å². The van der Waals surface area contributed by atoms with Crippen LogP contribution in [0.5, 0.6) is 11.5 Å². The van der Waals surface area contributed by atoms with Crippen LogP contribution in [0, 0.1) is 17.1 Å². The standard InChI is InChI=1S/C34H38FN9O2/c1-34(2,42-16-14-41(3)15-17-42)19-23(20-36)33(45)43-13-7-8-24(43)21-44-32-29(31(37)38-22-39-32)30(40-44)27-12-11-26(18-28(27)35)46-25-9-5-4-6-10-25/h4-6,9-12,18-19,22,24H,7-8,13-17,21H2,1-3H3,(H2,37,38,39)/b23-19+. The number of carbonyl (C=O) groups is 1. The number of fused-ring (bicyclic) bond motifs is 1. The van der Waals surface area contributed by atoms with Crippen LogP contribution in [0.15, 0.2) is 66.5 Å². The Morgan fingerprint density at radius 2 is 1.87 bits per heavy atom. The van der Waals surface area contributed by atoms with Crippen LogP contribution in [0.1, 0.15) is 26.7 Å². The molecule has 2 aliphatic heterocycles. The van der Waals surface area contributed by atoms with Crippen molar-refractivity contribution in [2.45, 2.75) is 44.8 Å². The summed E-state index contributed by atoms with van der Waals surface area (Å²) in [4.78, 5) is 28.7. The molecule has 46 heavy (non-hydrogen) atoms. The predicted octanol–water partition coefficient (Wildman–Crippen LogP) is 4.47. The Kier molecular flexibility index (Phi) is 8.71. The van der Waals surface area contributed by atoms with Gasteiger partial charge in [-0.3, -0.25) is 9.69 Å². The number of aromatic nitrogens is 4. The molecule has 12 heteroatoms. The maximum Gasteiger partial charge on any atom is 0.264 e. The van der Waals surface area contributed by atoms with E-state index in [1.165, 1.54) is 12.4 Å². The van der Waals surface area contributed by atoms with Crippen LogP contribution in [-0.4, -0.2) is 91.7 Å². The molecule has 0 saturated carbocycles. The average Bonchev–Trinajstić information content (AvgIpc) is 3.66. The van der Waals surface area contributed by atoms with E-state index in [1.54, 1.807) is 39.9 Å². The summed E-state index contributed by atoms with van der Waals surface area (Å²) < 4.78 is 23.1. The van der Waals surface area contributed by atoms with E-state index in [0.717, 1.165) is 39.0 Å². The number of likely N-dealkylation sites (tertiary alicyclic amines) is 1. The number of nitrogen functional groups attached to an aromatic ring is 1. The lowest BCUT2D eigenvalue weighted by Gasteiger charge is -2.42. The Bertz CT molecular complexity index is 1810. The van der Waals surface area contributed by atoms with E-state index in [2.05, 4.69) is 32.9 Å². The van der Waals surface area contributed by atoms with Gasteiger partial charge < -0.3 is 20.3 Å². The highest BCUT2D eigenvalue weighted by Crippen LogP contribution is 2.35. The van der Waals surface area contributed by atoms with E-state index in [-0.39, 0.29) is 28.9 Å². The molecule has 6 rings (SSSR count). The number of nitriles is 1. The molecule has 1 atom stereocenters. The van der Waals surface area contributed by atoms with Gasteiger partial charge in [0.2, 0.25) is 0 Å². The molecule has 2 fully saturated rings. The predicted molar refractivity (Wildman–Crippen MR) is 173 cm³/mol. The highest BCUT2D eigenvalue weighted by atomic mass is 19.1. The van der Waals surface area contributed by atoms with Crippen molar-refractivity contribution >= 4 is 22.8 Å². The molecule has 0 bridgehead atoms. The van der Waals surface area contributed by atoms with E-state index < -0.39 is 11.4 Å². The highest BCUT2D eigenvalue weighted by molar-refractivity contribution is 5.99. The van der Waals surface area contributed by atoms with Crippen LogP contribution in [0.4, 0.5) is 10.2 Å². The molecule has 0 radical (unpaired) electrons. The highest BCUT2D eigenvalue weighted by Gasteiger charge is 2.35. The van der Waals surface area contributed by atoms with E-state index in [0.29, 0.717) is 41.3 Å². The lowest BCUT2D eigenvalue weighted by atomic mass is 9.97. The minimum atomic E-state index is -0.535. The third kappa shape index (κ3) is 6.29. The SMILES string of the molecule is CN1CCN(C(C)(C)/C=C(\C#N)C(=O)N2CCCC2Cn2nc(-c3ccc(Oc4ccccc4)cc3F)c3c(N)ncnc32)CC1. The van der Waals surface area contributed by atoms with Crippen molar-refractivity contribution in [3.8, 4) is 28.8 Å². The fourth-order valence-electron chi connectivity index (χ4n) is 6.34. The summed E-state index contributed by atoms with van der Waals surface area (Å²) in [7, 11) is 2.10. The lowest BCUT2D eigenvalue weighted by molar-refractivity contribution is -0.127. The van der Waals surface area contributed by atoms with E-state index >= 15 is 4.39 Å². The first kappa shape index (κ1) is 31.1. The zero-order valence-corrected chi connectivity index (χ0v) is 26.4. The number of rotatable bonds is 8. The molecule has 2 aromatic heterocycles. The maximum atomic E-state index is 15.6. The quantitative estimate of drug-likeness (QED) is 0.223. The summed E-state index contributed by atoms with van der Waals surface area (Å²) in [6.07, 6.45) is 4.67. The van der Waals surface area contributed by atoms with Crippen molar-refractivity contribution < 1.29 is 13.9 Å². The Hall–Kier alpha value is -4.86. The van der Waals surface area contributed by atoms with Gasteiger partial charge in [0.05, 0.1) is 18.0 Å². The summed E-state index contributed by atoms with van der Waals surface area (Å²) in [5.41, 5.74) is 6.95. The summed E-state index contributed by atoms with van der Waals surface area (Å²) in [6.45, 7) is 8.52. The summed E-state index contributed by atoms with van der Waals surface area (Å²) >= 11 is 0. The molecular weight excluding hydrogens is 585 g/mol. The number of piperazine rings is 1. The van der Waals surface area contributed by atoms with Gasteiger partial charge in [-0.2, -0.15) is 10.4 Å². The van der Waals surface area contributed by atoms with Crippen LogP contribution >= 0.6 is 0 Å². The van der Waals surface area contributed by atoms with Crippen LogP contribution < -0.4 is 10.5 Å². The first-order valence-electron chi connectivity index (χ1n) is 15.5. The van der Waals surface area contributed by atoms with Crippen molar-refractivity contribution in [2.24, 2.45) is 0 Å². The van der Waals surface area contributed by atoms with Gasteiger partial charge in [-0.15, -0.1) is 0 Å². The fraction of sp³-hybridized carbons (Fsp3) is 0.382. The number of amides is 1. The maximum absolute atomic E-state index is 15.6. The van der Waals surface area contributed by atoms with Crippen LogP contribution in [0.3, 0.4) is 0 Å². The third-order valence-electron chi connectivity index (χ3n) is 8.92. The molecule has 1 amide bonds. The van der Waals surface area contributed by atoms with Crippen molar-refractivity contribution in [3.05, 3.63) is 72.3 Å². The van der Waals surface area contributed by atoms with Gasteiger partial charge in [0.15, 0.2) is 5.65 Å². The number of hydrogen-bond donors (Lipinski definition) is 1. The van der Waals surface area contributed by atoms with Gasteiger partial charge in [0, 0.05) is 49.9 Å². The number of carbonyl (C=O) groups excluding carboxylic acids is 1. The number of nitrogens with zero attached hydrogens (tertiary/aromatic N) is 8. The van der Waals surface area contributed by atoms with Gasteiger partial charge >= 0.3 is 0 Å². The molecule has 2 N–H and O–H groups in total. The monoisotopic (exact) mass is 623 g/mol. The van der Waals surface area contributed by atoms with Crippen molar-refractivity contribution in [2.75, 3.05) is 45.5 Å². The van der Waals surface area contributed by atoms with Gasteiger partial charge in [0.25, 0.3) is 5.91 Å². The minimum Gasteiger partial charge on any atom is -0.457 e.